The summed E-state index contributed by atoms with van der Waals surface area (Å²) in [6.07, 6.45) is 6.35. The predicted molar refractivity (Wildman–Crippen MR) is 65.9 cm³/mol. The average Bonchev–Trinajstić information content (AvgIpc) is 2.68. The van der Waals surface area contributed by atoms with E-state index in [0.29, 0.717) is 0 Å². The predicted octanol–water partition coefficient (Wildman–Crippen LogP) is 2.79. The molecule has 0 saturated heterocycles. The molecule has 78 valence electrons. The van der Waals surface area contributed by atoms with Crippen molar-refractivity contribution in [1.29, 1.82) is 0 Å². The molecule has 2 nitrogen and oxygen atoms in total. The van der Waals surface area contributed by atoms with Crippen molar-refractivity contribution in [3.63, 3.8) is 0 Å². The smallest absolute Gasteiger partial charge is 0.0460 e. The fourth-order valence-electron chi connectivity index (χ4n) is 1.65. The van der Waals surface area contributed by atoms with Gasteiger partial charge < -0.3 is 10.3 Å². The molecule has 0 atom stereocenters. The second-order valence-corrected chi connectivity index (χ2v) is 3.50. The monoisotopic (exact) mass is 200 g/mol. The van der Waals surface area contributed by atoms with Crippen LogP contribution < -0.4 is 5.32 Å². The van der Waals surface area contributed by atoms with Crippen LogP contribution in [0.4, 0.5) is 0 Å². The van der Waals surface area contributed by atoms with Crippen molar-refractivity contribution < 1.29 is 0 Å². The first kappa shape index (κ1) is 9.99. The number of rotatable bonds is 4. The molecule has 1 heterocycles. The molecule has 1 aromatic carbocycles. The van der Waals surface area contributed by atoms with Gasteiger partial charge in [-0.2, -0.15) is 0 Å². The molecular weight excluding hydrogens is 184 g/mol. The van der Waals surface area contributed by atoms with E-state index in [1.165, 1.54) is 16.5 Å². The number of aromatic amines is 1. The van der Waals surface area contributed by atoms with Crippen LogP contribution in [0.2, 0.25) is 0 Å². The van der Waals surface area contributed by atoms with E-state index in [-0.39, 0.29) is 0 Å². The Morgan fingerprint density at radius 3 is 3.07 bits per heavy atom. The highest BCUT2D eigenvalue weighted by molar-refractivity contribution is 5.88. The lowest BCUT2D eigenvalue weighted by Crippen LogP contribution is -2.11. The third-order valence-corrected chi connectivity index (χ3v) is 2.43. The molecule has 0 amide bonds. The highest BCUT2D eigenvalue weighted by atomic mass is 14.8. The van der Waals surface area contributed by atoms with E-state index in [2.05, 4.69) is 47.6 Å². The molecule has 0 radical (unpaired) electrons. The molecule has 0 unspecified atom stereocenters. The summed E-state index contributed by atoms with van der Waals surface area (Å²) in [4.78, 5) is 3.26. The van der Waals surface area contributed by atoms with E-state index in [9.17, 15) is 0 Å². The summed E-state index contributed by atoms with van der Waals surface area (Å²) in [6, 6.07) is 8.35. The minimum Gasteiger partial charge on any atom is -0.361 e. The lowest BCUT2D eigenvalue weighted by atomic mass is 10.1. The van der Waals surface area contributed by atoms with Gasteiger partial charge >= 0.3 is 0 Å². The van der Waals surface area contributed by atoms with Crippen LogP contribution in [-0.4, -0.2) is 18.1 Å². The number of benzene rings is 1. The van der Waals surface area contributed by atoms with Crippen molar-refractivity contribution in [3.05, 3.63) is 42.1 Å². The Morgan fingerprint density at radius 2 is 2.20 bits per heavy atom. The van der Waals surface area contributed by atoms with Crippen molar-refractivity contribution in [2.75, 3.05) is 13.1 Å². The van der Waals surface area contributed by atoms with Gasteiger partial charge in [-0.1, -0.05) is 37.3 Å². The van der Waals surface area contributed by atoms with E-state index in [1.54, 1.807) is 0 Å². The highest BCUT2D eigenvalue weighted by Gasteiger charge is 1.97. The van der Waals surface area contributed by atoms with Crippen LogP contribution in [0.1, 0.15) is 12.5 Å². The summed E-state index contributed by atoms with van der Waals surface area (Å²) >= 11 is 0. The zero-order valence-electron chi connectivity index (χ0n) is 8.96. The van der Waals surface area contributed by atoms with E-state index < -0.39 is 0 Å². The molecule has 2 heteroatoms. The molecule has 0 spiro atoms. The first-order valence-corrected chi connectivity index (χ1v) is 5.35. The molecule has 2 N–H and O–H groups in total. The van der Waals surface area contributed by atoms with Crippen molar-refractivity contribution in [1.82, 2.24) is 10.3 Å². The SMILES string of the molecule is CCNC/C=C/c1c[nH]c2ccccc12. The lowest BCUT2D eigenvalue weighted by Gasteiger charge is -1.93. The maximum atomic E-state index is 3.26. The number of para-hydroxylation sites is 1. The van der Waals surface area contributed by atoms with E-state index in [4.69, 9.17) is 0 Å². The Kier molecular flexibility index (Phi) is 3.20. The van der Waals surface area contributed by atoms with Gasteiger partial charge in [-0.3, -0.25) is 0 Å². The largest absolute Gasteiger partial charge is 0.361 e. The van der Waals surface area contributed by atoms with Gasteiger partial charge in [-0.05, 0) is 18.2 Å². The molecule has 15 heavy (non-hydrogen) atoms. The van der Waals surface area contributed by atoms with Gasteiger partial charge in [0.1, 0.15) is 0 Å². The Hall–Kier alpha value is -1.54. The number of nitrogens with one attached hydrogen (secondary N) is 2. The van der Waals surface area contributed by atoms with Crippen molar-refractivity contribution in [3.8, 4) is 0 Å². The lowest BCUT2D eigenvalue weighted by molar-refractivity contribution is 0.801. The fourth-order valence-corrected chi connectivity index (χ4v) is 1.65. The Morgan fingerprint density at radius 1 is 1.33 bits per heavy atom. The molecule has 0 saturated carbocycles. The van der Waals surface area contributed by atoms with Gasteiger partial charge in [-0.15, -0.1) is 0 Å². The number of fused-ring (bicyclic) bond motifs is 1. The number of H-pyrrole nitrogens is 1. The summed E-state index contributed by atoms with van der Waals surface area (Å²) in [5.74, 6) is 0. The summed E-state index contributed by atoms with van der Waals surface area (Å²) in [6.45, 7) is 4.05. The van der Waals surface area contributed by atoms with Crippen molar-refractivity contribution in [2.24, 2.45) is 0 Å². The molecule has 0 aliphatic carbocycles. The molecular formula is C13H16N2. The van der Waals surface area contributed by atoms with Crippen LogP contribution in [0, 0.1) is 0 Å². The molecule has 0 aliphatic rings. The van der Waals surface area contributed by atoms with Crippen molar-refractivity contribution in [2.45, 2.75) is 6.92 Å². The van der Waals surface area contributed by atoms with Crippen LogP contribution >= 0.6 is 0 Å². The van der Waals surface area contributed by atoms with Crippen LogP contribution in [0.3, 0.4) is 0 Å². The normalized spacial score (nSPS) is 11.5. The third-order valence-electron chi connectivity index (χ3n) is 2.43. The number of likely N-dealkylation sites (N-methyl/N-ethyl adjacent to an activating group) is 1. The topological polar surface area (TPSA) is 27.8 Å². The van der Waals surface area contributed by atoms with E-state index >= 15 is 0 Å². The summed E-state index contributed by atoms with van der Waals surface area (Å²) in [5.41, 5.74) is 2.45. The number of hydrogen-bond acceptors (Lipinski definition) is 1. The highest BCUT2D eigenvalue weighted by Crippen LogP contribution is 2.18. The molecule has 0 fully saturated rings. The Bertz CT molecular complexity index is 454. The van der Waals surface area contributed by atoms with Gasteiger partial charge in [0.05, 0.1) is 0 Å². The quantitative estimate of drug-likeness (QED) is 0.730. The third kappa shape index (κ3) is 2.28. The van der Waals surface area contributed by atoms with Gasteiger partial charge in [0.15, 0.2) is 0 Å². The minimum absolute atomic E-state index is 0.927. The number of aromatic nitrogens is 1. The standard InChI is InChI=1S/C13H16N2/c1-2-14-9-5-6-11-10-15-13-8-4-3-7-12(11)13/h3-8,10,14-15H,2,9H2,1H3/b6-5+. The molecule has 2 rings (SSSR count). The minimum atomic E-state index is 0.927. The zero-order chi connectivity index (χ0) is 10.5. The van der Waals surface area contributed by atoms with Gasteiger partial charge in [0.25, 0.3) is 0 Å². The second-order valence-electron chi connectivity index (χ2n) is 3.50. The first-order valence-electron chi connectivity index (χ1n) is 5.35. The molecule has 2 aromatic rings. The first-order chi connectivity index (χ1) is 7.42. The maximum absolute atomic E-state index is 3.26. The second kappa shape index (κ2) is 4.80. The summed E-state index contributed by atoms with van der Waals surface area (Å²) in [7, 11) is 0. The van der Waals surface area contributed by atoms with Gasteiger partial charge in [-0.25, -0.2) is 0 Å². The van der Waals surface area contributed by atoms with Crippen LogP contribution in [0.15, 0.2) is 36.5 Å². The number of hydrogen-bond donors (Lipinski definition) is 2. The Labute approximate surface area is 90.0 Å². The molecule has 0 aliphatic heterocycles. The van der Waals surface area contributed by atoms with Gasteiger partial charge in [0, 0.05) is 23.6 Å². The van der Waals surface area contributed by atoms with Crippen LogP contribution in [0.5, 0.6) is 0 Å². The molecule has 0 bridgehead atoms. The summed E-state index contributed by atoms with van der Waals surface area (Å²) < 4.78 is 0. The van der Waals surface area contributed by atoms with Crippen LogP contribution in [0.25, 0.3) is 17.0 Å². The zero-order valence-corrected chi connectivity index (χ0v) is 8.96. The van der Waals surface area contributed by atoms with Crippen molar-refractivity contribution >= 4 is 17.0 Å². The molecule has 1 aromatic heterocycles. The Balaban J connectivity index is 2.17. The fraction of sp³-hybridized carbons (Fsp3) is 0.231. The van der Waals surface area contributed by atoms with E-state index in [0.717, 1.165) is 13.1 Å². The summed E-state index contributed by atoms with van der Waals surface area (Å²) in [5, 5.41) is 4.54. The average molecular weight is 200 g/mol. The maximum Gasteiger partial charge on any atom is 0.0460 e. The van der Waals surface area contributed by atoms with Crippen LogP contribution in [-0.2, 0) is 0 Å². The van der Waals surface area contributed by atoms with Gasteiger partial charge in [0.2, 0.25) is 0 Å². The van der Waals surface area contributed by atoms with E-state index in [1.807, 2.05) is 12.3 Å².